The maximum absolute atomic E-state index is 10.9. The van der Waals surface area contributed by atoms with E-state index in [1.807, 2.05) is 6.07 Å². The third-order valence-electron chi connectivity index (χ3n) is 3.37. The molecule has 1 aromatic heterocycles. The molecule has 1 saturated heterocycles. The number of carbonyl (C=O) groups is 1. The van der Waals surface area contributed by atoms with Gasteiger partial charge in [-0.1, -0.05) is 13.8 Å². The molecule has 0 radical (unpaired) electrons. The molecule has 1 atom stereocenters. The molecule has 1 fully saturated rings. The fraction of sp³-hybridized carbons (Fsp3) is 0.643. The first kappa shape index (κ1) is 14.9. The number of ether oxygens (including phenoxy) is 1. The van der Waals surface area contributed by atoms with Gasteiger partial charge in [0.2, 0.25) is 0 Å². The van der Waals surface area contributed by atoms with Crippen molar-refractivity contribution in [1.29, 1.82) is 0 Å². The maximum Gasteiger partial charge on any atom is 0.305 e. The van der Waals surface area contributed by atoms with E-state index in [1.54, 1.807) is 6.20 Å². The first-order valence-corrected chi connectivity index (χ1v) is 6.91. The predicted octanol–water partition coefficient (Wildman–Crippen LogP) is 1.28. The van der Waals surface area contributed by atoms with Gasteiger partial charge in [-0.05, 0) is 6.07 Å². The third kappa shape index (κ3) is 3.98. The van der Waals surface area contributed by atoms with Gasteiger partial charge in [0.25, 0.3) is 0 Å². The molecule has 6 nitrogen and oxygen atoms in total. The highest BCUT2D eigenvalue weighted by Gasteiger charge is 2.25. The van der Waals surface area contributed by atoms with Gasteiger partial charge in [-0.15, -0.1) is 0 Å². The van der Waals surface area contributed by atoms with Gasteiger partial charge in [-0.3, -0.25) is 9.69 Å². The van der Waals surface area contributed by atoms with Crippen LogP contribution in [-0.2, 0) is 16.1 Å². The van der Waals surface area contributed by atoms with Gasteiger partial charge in [0, 0.05) is 31.2 Å². The Morgan fingerprint density at radius 1 is 1.60 bits per heavy atom. The van der Waals surface area contributed by atoms with Gasteiger partial charge in [-0.25, -0.2) is 9.97 Å². The van der Waals surface area contributed by atoms with Gasteiger partial charge in [0.05, 0.1) is 25.3 Å². The van der Waals surface area contributed by atoms with E-state index in [0.29, 0.717) is 19.8 Å². The second kappa shape index (κ2) is 6.76. The Kier molecular flexibility index (Phi) is 5.03. The summed E-state index contributed by atoms with van der Waals surface area (Å²) in [6, 6.07) is 1.80. The molecule has 2 heterocycles. The molecule has 0 bridgehead atoms. The zero-order chi connectivity index (χ0) is 14.5. The predicted molar refractivity (Wildman–Crippen MR) is 73.4 cm³/mol. The number of carboxylic acid groups (broad SMARTS) is 1. The van der Waals surface area contributed by atoms with E-state index < -0.39 is 5.97 Å². The van der Waals surface area contributed by atoms with Crippen LogP contribution in [0.15, 0.2) is 12.3 Å². The number of aliphatic carboxylic acids is 1. The summed E-state index contributed by atoms with van der Waals surface area (Å²) in [7, 11) is 0. The summed E-state index contributed by atoms with van der Waals surface area (Å²) < 4.78 is 5.38. The molecule has 0 unspecified atom stereocenters. The lowest BCUT2D eigenvalue weighted by Gasteiger charge is -2.34. The molecule has 1 aliphatic rings. The second-order valence-electron chi connectivity index (χ2n) is 5.36. The van der Waals surface area contributed by atoms with E-state index in [9.17, 15) is 4.79 Å². The quantitative estimate of drug-likeness (QED) is 0.875. The van der Waals surface area contributed by atoms with Crippen LogP contribution in [-0.4, -0.2) is 51.7 Å². The van der Waals surface area contributed by atoms with Crippen molar-refractivity contribution in [3.05, 3.63) is 23.8 Å². The minimum absolute atomic E-state index is 0.0845. The smallest absolute Gasteiger partial charge is 0.305 e. The molecule has 110 valence electrons. The highest BCUT2D eigenvalue weighted by atomic mass is 16.5. The highest BCUT2D eigenvalue weighted by Crippen LogP contribution is 2.15. The molecule has 0 aliphatic carbocycles. The van der Waals surface area contributed by atoms with Crippen LogP contribution >= 0.6 is 0 Å². The van der Waals surface area contributed by atoms with Crippen LogP contribution in [0.4, 0.5) is 0 Å². The average Bonchev–Trinajstić information content (AvgIpc) is 2.41. The monoisotopic (exact) mass is 279 g/mol. The second-order valence-corrected chi connectivity index (χ2v) is 5.36. The third-order valence-corrected chi connectivity index (χ3v) is 3.37. The Bertz CT molecular complexity index is 465. The Morgan fingerprint density at radius 2 is 2.40 bits per heavy atom. The van der Waals surface area contributed by atoms with Crippen LogP contribution in [0.2, 0.25) is 0 Å². The van der Waals surface area contributed by atoms with Crippen LogP contribution in [0.25, 0.3) is 0 Å². The summed E-state index contributed by atoms with van der Waals surface area (Å²) >= 11 is 0. The standard InChI is InChI=1S/C14H21N3O3/c1-10(2)14-15-4-3-11(16-14)8-17-5-6-20-9-12(17)7-13(18)19/h3-4,10,12H,5-9H2,1-2H3,(H,18,19)/t12-/m1/s1. The number of nitrogens with zero attached hydrogens (tertiary/aromatic N) is 3. The Morgan fingerprint density at radius 3 is 3.10 bits per heavy atom. The van der Waals surface area contributed by atoms with E-state index in [4.69, 9.17) is 9.84 Å². The van der Waals surface area contributed by atoms with Crippen molar-refractivity contribution >= 4 is 5.97 Å². The van der Waals surface area contributed by atoms with E-state index in [-0.39, 0.29) is 18.4 Å². The summed E-state index contributed by atoms with van der Waals surface area (Å²) in [6.45, 7) is 6.59. The first-order valence-electron chi connectivity index (χ1n) is 6.91. The van der Waals surface area contributed by atoms with E-state index in [1.165, 1.54) is 0 Å². The molecule has 1 aliphatic heterocycles. The highest BCUT2D eigenvalue weighted by molar-refractivity contribution is 5.67. The fourth-order valence-corrected chi connectivity index (χ4v) is 2.27. The number of morpholine rings is 1. The zero-order valence-corrected chi connectivity index (χ0v) is 12.0. The number of rotatable bonds is 5. The normalized spacial score (nSPS) is 20.2. The van der Waals surface area contributed by atoms with E-state index in [0.717, 1.165) is 18.1 Å². The molecule has 20 heavy (non-hydrogen) atoms. The number of hydrogen-bond donors (Lipinski definition) is 1. The van der Waals surface area contributed by atoms with E-state index in [2.05, 4.69) is 28.7 Å². The lowest BCUT2D eigenvalue weighted by molar-refractivity contribution is -0.140. The van der Waals surface area contributed by atoms with Gasteiger partial charge in [-0.2, -0.15) is 0 Å². The summed E-state index contributed by atoms with van der Waals surface area (Å²) in [5, 5.41) is 8.96. The van der Waals surface area contributed by atoms with Crippen molar-refractivity contribution in [2.45, 2.75) is 38.8 Å². The first-order chi connectivity index (χ1) is 9.56. The molecular weight excluding hydrogens is 258 g/mol. The van der Waals surface area contributed by atoms with Crippen molar-refractivity contribution in [2.24, 2.45) is 0 Å². The Balaban J connectivity index is 2.06. The molecule has 0 amide bonds. The van der Waals surface area contributed by atoms with E-state index >= 15 is 0 Å². The molecule has 0 spiro atoms. The van der Waals surface area contributed by atoms with Crippen LogP contribution in [0.5, 0.6) is 0 Å². The van der Waals surface area contributed by atoms with Crippen LogP contribution < -0.4 is 0 Å². The summed E-state index contributed by atoms with van der Waals surface area (Å²) in [5.74, 6) is 0.316. The average molecular weight is 279 g/mol. The van der Waals surface area contributed by atoms with Crippen molar-refractivity contribution in [3.63, 3.8) is 0 Å². The largest absolute Gasteiger partial charge is 0.481 e. The van der Waals surface area contributed by atoms with Gasteiger partial charge in [0.1, 0.15) is 5.82 Å². The fourth-order valence-electron chi connectivity index (χ4n) is 2.27. The van der Waals surface area contributed by atoms with Crippen LogP contribution in [0.3, 0.4) is 0 Å². The van der Waals surface area contributed by atoms with Gasteiger partial charge in [0.15, 0.2) is 0 Å². The lowest BCUT2D eigenvalue weighted by Crippen LogP contribution is -2.46. The number of carboxylic acids is 1. The van der Waals surface area contributed by atoms with Gasteiger partial charge < -0.3 is 9.84 Å². The SMILES string of the molecule is CC(C)c1nccc(CN2CCOC[C@H]2CC(=O)O)n1. The summed E-state index contributed by atoms with van der Waals surface area (Å²) in [6.07, 6.45) is 1.87. The molecule has 0 saturated carbocycles. The van der Waals surface area contributed by atoms with Crippen LogP contribution in [0, 0.1) is 0 Å². The minimum Gasteiger partial charge on any atom is -0.481 e. The van der Waals surface area contributed by atoms with Crippen molar-refractivity contribution < 1.29 is 14.6 Å². The Hall–Kier alpha value is -1.53. The molecule has 6 heteroatoms. The summed E-state index contributed by atoms with van der Waals surface area (Å²) in [5.41, 5.74) is 0.931. The van der Waals surface area contributed by atoms with Crippen LogP contribution in [0.1, 0.15) is 37.7 Å². The topological polar surface area (TPSA) is 75.6 Å². The van der Waals surface area contributed by atoms with Crippen molar-refractivity contribution in [3.8, 4) is 0 Å². The van der Waals surface area contributed by atoms with Crippen molar-refractivity contribution in [2.75, 3.05) is 19.8 Å². The zero-order valence-electron chi connectivity index (χ0n) is 12.0. The lowest BCUT2D eigenvalue weighted by atomic mass is 10.1. The molecule has 0 aromatic carbocycles. The van der Waals surface area contributed by atoms with Gasteiger partial charge >= 0.3 is 5.97 Å². The maximum atomic E-state index is 10.9. The molecule has 1 aromatic rings. The summed E-state index contributed by atoms with van der Waals surface area (Å²) in [4.78, 5) is 21.8. The minimum atomic E-state index is -0.795. The molecule has 1 N–H and O–H groups in total. The van der Waals surface area contributed by atoms with Crippen molar-refractivity contribution in [1.82, 2.24) is 14.9 Å². The molecular formula is C14H21N3O3. The number of hydrogen-bond acceptors (Lipinski definition) is 5. The molecule has 2 rings (SSSR count). The Labute approximate surface area is 118 Å². The number of aromatic nitrogens is 2.